The van der Waals surface area contributed by atoms with Crippen molar-refractivity contribution in [2.45, 2.75) is 30.8 Å². The zero-order valence-corrected chi connectivity index (χ0v) is 16.7. The van der Waals surface area contributed by atoms with Crippen molar-refractivity contribution in [1.82, 2.24) is 14.8 Å². The minimum absolute atomic E-state index is 0.190. The van der Waals surface area contributed by atoms with Crippen molar-refractivity contribution in [3.8, 4) is 11.4 Å². The quantitative estimate of drug-likeness (QED) is 0.567. The van der Waals surface area contributed by atoms with Crippen LogP contribution < -0.4 is 5.32 Å². The molecule has 1 amide bonds. The molecule has 0 aliphatic carbocycles. The average Bonchev–Trinajstić information content (AvgIpc) is 3.07. The van der Waals surface area contributed by atoms with Gasteiger partial charge in [-0.15, -0.1) is 10.2 Å². The molecule has 1 unspecified atom stereocenters. The Bertz CT molecular complexity index is 994. The lowest BCUT2D eigenvalue weighted by molar-refractivity contribution is -0.115. The van der Waals surface area contributed by atoms with Crippen LogP contribution in [0.3, 0.4) is 0 Å². The topological polar surface area (TPSA) is 59.8 Å². The molecule has 3 aromatic rings. The van der Waals surface area contributed by atoms with Crippen LogP contribution in [-0.4, -0.2) is 25.9 Å². The van der Waals surface area contributed by atoms with Crippen molar-refractivity contribution in [1.29, 1.82) is 0 Å². The highest BCUT2D eigenvalue weighted by Gasteiger charge is 2.20. The lowest BCUT2D eigenvalue weighted by Gasteiger charge is -2.13. The number of nitrogens with zero attached hydrogens (tertiary/aromatic N) is 3. The maximum absolute atomic E-state index is 13.3. The first kappa shape index (κ1) is 20.3. The second kappa shape index (κ2) is 8.70. The third-order valence-corrected chi connectivity index (χ3v) is 5.31. The first-order valence-corrected chi connectivity index (χ1v) is 9.76. The van der Waals surface area contributed by atoms with Gasteiger partial charge in [-0.2, -0.15) is 0 Å². The van der Waals surface area contributed by atoms with Gasteiger partial charge in [0.15, 0.2) is 22.6 Å². The summed E-state index contributed by atoms with van der Waals surface area (Å²) in [6, 6.07) is 10.5. The number of carbonyl (C=O) groups is 1. The van der Waals surface area contributed by atoms with Gasteiger partial charge >= 0.3 is 0 Å². The van der Waals surface area contributed by atoms with E-state index in [1.54, 1.807) is 19.1 Å². The molecule has 1 atom stereocenters. The summed E-state index contributed by atoms with van der Waals surface area (Å²) in [5.74, 6) is -1.66. The van der Waals surface area contributed by atoms with Crippen LogP contribution in [0.15, 0.2) is 47.6 Å². The van der Waals surface area contributed by atoms with Gasteiger partial charge in [0.1, 0.15) is 0 Å². The minimum atomic E-state index is -1.02. The molecule has 9 heteroatoms. The molecule has 0 radical (unpaired) electrons. The molecule has 0 fully saturated rings. The fourth-order valence-electron chi connectivity index (χ4n) is 2.50. The van der Waals surface area contributed by atoms with E-state index in [2.05, 4.69) is 15.5 Å². The summed E-state index contributed by atoms with van der Waals surface area (Å²) < 4.78 is 28.2. The van der Waals surface area contributed by atoms with E-state index in [1.165, 1.54) is 17.8 Å². The van der Waals surface area contributed by atoms with E-state index in [0.717, 1.165) is 17.7 Å². The van der Waals surface area contributed by atoms with E-state index in [1.807, 2.05) is 23.6 Å². The number of hydrogen-bond acceptors (Lipinski definition) is 4. The molecule has 2 aromatic carbocycles. The SMILES string of the molecule is CCn1c(SC(C)C(=O)Nc2ccc(F)c(F)c2)nnc1-c1ccc(Cl)cc1. The Morgan fingerprint density at radius 3 is 2.54 bits per heavy atom. The van der Waals surface area contributed by atoms with Crippen molar-refractivity contribution in [3.05, 3.63) is 59.1 Å². The number of rotatable bonds is 6. The molecule has 0 aliphatic rings. The third kappa shape index (κ3) is 4.51. The molecular formula is C19H17ClF2N4OS. The van der Waals surface area contributed by atoms with E-state index in [4.69, 9.17) is 11.6 Å². The van der Waals surface area contributed by atoms with E-state index >= 15 is 0 Å². The smallest absolute Gasteiger partial charge is 0.237 e. The van der Waals surface area contributed by atoms with Gasteiger partial charge in [-0.05, 0) is 50.2 Å². The number of anilines is 1. The van der Waals surface area contributed by atoms with Crippen molar-refractivity contribution < 1.29 is 13.6 Å². The summed E-state index contributed by atoms with van der Waals surface area (Å²) in [5.41, 5.74) is 1.06. The Balaban J connectivity index is 1.74. The highest BCUT2D eigenvalue weighted by atomic mass is 35.5. The van der Waals surface area contributed by atoms with Gasteiger partial charge in [-0.1, -0.05) is 23.4 Å². The minimum Gasteiger partial charge on any atom is -0.325 e. The van der Waals surface area contributed by atoms with Crippen LogP contribution in [0.1, 0.15) is 13.8 Å². The second-order valence-corrected chi connectivity index (χ2v) is 7.68. The number of carbonyl (C=O) groups excluding carboxylic acids is 1. The van der Waals surface area contributed by atoms with Crippen LogP contribution in [0.25, 0.3) is 11.4 Å². The number of halogens is 3. The summed E-state index contributed by atoms with van der Waals surface area (Å²) in [5, 5.41) is 11.7. The van der Waals surface area contributed by atoms with Crippen LogP contribution in [0.2, 0.25) is 5.02 Å². The summed E-state index contributed by atoms with van der Waals surface area (Å²) in [7, 11) is 0. The molecule has 1 N–H and O–H groups in total. The van der Waals surface area contributed by atoms with Gasteiger partial charge in [0.05, 0.1) is 5.25 Å². The molecular weight excluding hydrogens is 406 g/mol. The molecule has 0 saturated carbocycles. The normalized spacial score (nSPS) is 12.0. The zero-order valence-electron chi connectivity index (χ0n) is 15.1. The second-order valence-electron chi connectivity index (χ2n) is 5.94. The monoisotopic (exact) mass is 422 g/mol. The predicted molar refractivity (Wildman–Crippen MR) is 106 cm³/mol. The van der Waals surface area contributed by atoms with Crippen LogP contribution in [0.4, 0.5) is 14.5 Å². The number of aromatic nitrogens is 3. The highest BCUT2D eigenvalue weighted by Crippen LogP contribution is 2.28. The molecule has 146 valence electrons. The molecule has 1 heterocycles. The standard InChI is InChI=1S/C19H17ClF2N4OS/c1-3-26-17(12-4-6-13(20)7-5-12)24-25-19(26)28-11(2)18(27)23-14-8-9-15(21)16(22)10-14/h4-11H,3H2,1-2H3,(H,23,27). The number of benzene rings is 2. The summed E-state index contributed by atoms with van der Waals surface area (Å²) >= 11 is 7.16. The Morgan fingerprint density at radius 2 is 1.89 bits per heavy atom. The molecule has 0 spiro atoms. The number of amides is 1. The van der Waals surface area contributed by atoms with Gasteiger partial charge in [0.2, 0.25) is 5.91 Å². The van der Waals surface area contributed by atoms with E-state index in [9.17, 15) is 13.6 Å². The van der Waals surface area contributed by atoms with Crippen molar-refractivity contribution >= 4 is 35.0 Å². The summed E-state index contributed by atoms with van der Waals surface area (Å²) in [6.45, 7) is 4.28. The first-order chi connectivity index (χ1) is 13.4. The van der Waals surface area contributed by atoms with E-state index in [-0.39, 0.29) is 11.6 Å². The Hall–Kier alpha value is -2.45. The largest absolute Gasteiger partial charge is 0.325 e. The van der Waals surface area contributed by atoms with Gasteiger partial charge in [-0.3, -0.25) is 4.79 Å². The van der Waals surface area contributed by atoms with E-state index in [0.29, 0.717) is 22.5 Å². The molecule has 0 bridgehead atoms. The molecule has 28 heavy (non-hydrogen) atoms. The number of thioether (sulfide) groups is 1. The zero-order chi connectivity index (χ0) is 20.3. The van der Waals surface area contributed by atoms with Crippen molar-refractivity contribution in [2.24, 2.45) is 0 Å². The maximum Gasteiger partial charge on any atom is 0.237 e. The predicted octanol–water partition coefficient (Wildman–Crippen LogP) is 5.02. The Morgan fingerprint density at radius 1 is 1.18 bits per heavy atom. The molecule has 5 nitrogen and oxygen atoms in total. The van der Waals surface area contributed by atoms with Crippen molar-refractivity contribution in [2.75, 3.05) is 5.32 Å². The average molecular weight is 423 g/mol. The summed E-state index contributed by atoms with van der Waals surface area (Å²) in [6.07, 6.45) is 0. The van der Waals surface area contributed by atoms with Crippen molar-refractivity contribution in [3.63, 3.8) is 0 Å². The van der Waals surface area contributed by atoms with E-state index < -0.39 is 16.9 Å². The lowest BCUT2D eigenvalue weighted by atomic mass is 10.2. The number of hydrogen-bond donors (Lipinski definition) is 1. The summed E-state index contributed by atoms with van der Waals surface area (Å²) in [4.78, 5) is 12.4. The lowest BCUT2D eigenvalue weighted by Crippen LogP contribution is -2.23. The third-order valence-electron chi connectivity index (χ3n) is 3.97. The van der Waals surface area contributed by atoms with Crippen LogP contribution >= 0.6 is 23.4 Å². The Labute approximate surface area is 170 Å². The molecule has 1 aromatic heterocycles. The first-order valence-electron chi connectivity index (χ1n) is 8.50. The Kier molecular flexibility index (Phi) is 6.31. The number of nitrogens with one attached hydrogen (secondary N) is 1. The highest BCUT2D eigenvalue weighted by molar-refractivity contribution is 8.00. The molecule has 0 aliphatic heterocycles. The van der Waals surface area contributed by atoms with Crippen LogP contribution in [-0.2, 0) is 11.3 Å². The van der Waals surface area contributed by atoms with Gasteiger partial charge in [0, 0.05) is 28.9 Å². The van der Waals surface area contributed by atoms with Gasteiger partial charge in [-0.25, -0.2) is 8.78 Å². The molecule has 0 saturated heterocycles. The van der Waals surface area contributed by atoms with Crippen LogP contribution in [0.5, 0.6) is 0 Å². The maximum atomic E-state index is 13.3. The van der Waals surface area contributed by atoms with Gasteiger partial charge in [0.25, 0.3) is 0 Å². The van der Waals surface area contributed by atoms with Crippen LogP contribution in [0, 0.1) is 11.6 Å². The van der Waals surface area contributed by atoms with Gasteiger partial charge < -0.3 is 9.88 Å². The fourth-order valence-corrected chi connectivity index (χ4v) is 3.54. The fraction of sp³-hybridized carbons (Fsp3) is 0.211. The molecule has 3 rings (SSSR count).